The highest BCUT2D eigenvalue weighted by atomic mass is 19.1. The van der Waals surface area contributed by atoms with Crippen molar-refractivity contribution >= 4 is 11.6 Å². The molecule has 1 aliphatic heterocycles. The first-order chi connectivity index (χ1) is 9.67. The van der Waals surface area contributed by atoms with Crippen molar-refractivity contribution in [2.75, 3.05) is 29.9 Å². The number of nitrogens with zero attached hydrogens (tertiary/aromatic N) is 2. The zero-order valence-electron chi connectivity index (χ0n) is 11.7. The molecule has 1 aliphatic rings. The zero-order chi connectivity index (χ0) is 14.5. The van der Waals surface area contributed by atoms with Gasteiger partial charge in [0.15, 0.2) is 23.3 Å². The maximum atomic E-state index is 14.0. The van der Waals surface area contributed by atoms with E-state index in [0.717, 1.165) is 25.3 Å². The van der Waals surface area contributed by atoms with Crippen LogP contribution in [-0.2, 0) is 0 Å². The molecule has 1 atom stereocenters. The molecule has 0 spiro atoms. The number of anilines is 2. The molecule has 0 amide bonds. The molecule has 2 N–H and O–H groups in total. The van der Waals surface area contributed by atoms with Crippen molar-refractivity contribution in [3.8, 4) is 0 Å². The molecule has 1 aromatic rings. The molecule has 0 saturated carbocycles. The summed E-state index contributed by atoms with van der Waals surface area (Å²) in [6.07, 6.45) is 3.49. The Labute approximate surface area is 117 Å². The second kappa shape index (κ2) is 6.83. The largest absolute Gasteiger partial charge is 0.396 e. The van der Waals surface area contributed by atoms with Gasteiger partial charge < -0.3 is 15.3 Å². The van der Waals surface area contributed by atoms with Crippen molar-refractivity contribution in [1.82, 2.24) is 4.98 Å². The Morgan fingerprint density at radius 2 is 2.20 bits per heavy atom. The van der Waals surface area contributed by atoms with E-state index in [4.69, 9.17) is 5.11 Å². The van der Waals surface area contributed by atoms with Crippen LogP contribution in [0.15, 0.2) is 6.07 Å². The lowest BCUT2D eigenvalue weighted by molar-refractivity contribution is 0.261. The minimum atomic E-state index is -0.677. The molecule has 2 rings (SSSR count). The fourth-order valence-corrected chi connectivity index (χ4v) is 2.68. The first kappa shape index (κ1) is 15.0. The number of aliphatic hydroxyl groups is 1. The van der Waals surface area contributed by atoms with Crippen LogP contribution < -0.4 is 10.2 Å². The van der Waals surface area contributed by atoms with E-state index in [1.54, 1.807) is 0 Å². The van der Waals surface area contributed by atoms with Crippen LogP contribution in [0, 0.1) is 11.6 Å². The summed E-state index contributed by atoms with van der Waals surface area (Å²) in [5, 5.41) is 11.9. The number of piperidine rings is 1. The van der Waals surface area contributed by atoms with Gasteiger partial charge >= 0.3 is 0 Å². The third-order valence-corrected chi connectivity index (χ3v) is 3.62. The number of aliphatic hydroxyl groups excluding tert-OH is 1. The summed E-state index contributed by atoms with van der Waals surface area (Å²) in [6, 6.07) is 0.945. The van der Waals surface area contributed by atoms with Gasteiger partial charge in [-0.15, -0.1) is 0 Å². The first-order valence-corrected chi connectivity index (χ1v) is 7.14. The maximum absolute atomic E-state index is 14.0. The van der Waals surface area contributed by atoms with Gasteiger partial charge in [0.25, 0.3) is 0 Å². The molecule has 1 fully saturated rings. The smallest absolute Gasteiger partial charge is 0.168 e. The predicted molar refractivity (Wildman–Crippen MR) is 75.0 cm³/mol. The van der Waals surface area contributed by atoms with E-state index in [-0.39, 0.29) is 24.3 Å². The van der Waals surface area contributed by atoms with Crippen molar-refractivity contribution < 1.29 is 13.9 Å². The highest BCUT2D eigenvalue weighted by Gasteiger charge is 2.26. The lowest BCUT2D eigenvalue weighted by Crippen LogP contribution is -2.41. The van der Waals surface area contributed by atoms with Crippen molar-refractivity contribution in [2.45, 2.75) is 38.6 Å². The average Bonchev–Trinajstić information content (AvgIpc) is 2.43. The molecule has 0 aromatic carbocycles. The van der Waals surface area contributed by atoms with Gasteiger partial charge in [-0.3, -0.25) is 0 Å². The molecular weight excluding hydrogens is 264 g/mol. The average molecular weight is 285 g/mol. The van der Waals surface area contributed by atoms with Gasteiger partial charge in [0.05, 0.1) is 0 Å². The van der Waals surface area contributed by atoms with Crippen molar-refractivity contribution in [3.63, 3.8) is 0 Å². The van der Waals surface area contributed by atoms with Crippen LogP contribution in [0.3, 0.4) is 0 Å². The van der Waals surface area contributed by atoms with E-state index in [9.17, 15) is 8.78 Å². The molecule has 1 saturated heterocycles. The Hall–Kier alpha value is -1.43. The quantitative estimate of drug-likeness (QED) is 0.873. The molecule has 4 nitrogen and oxygen atoms in total. The Balaban J connectivity index is 2.31. The Morgan fingerprint density at radius 3 is 2.90 bits per heavy atom. The van der Waals surface area contributed by atoms with Gasteiger partial charge in [-0.1, -0.05) is 0 Å². The summed E-state index contributed by atoms with van der Waals surface area (Å²) >= 11 is 0. The van der Waals surface area contributed by atoms with Gasteiger partial charge in [0, 0.05) is 31.8 Å². The molecular formula is C14H21F2N3O. The third kappa shape index (κ3) is 3.17. The number of nitrogens with one attached hydrogen (secondary N) is 1. The summed E-state index contributed by atoms with van der Waals surface area (Å²) in [4.78, 5) is 5.96. The minimum Gasteiger partial charge on any atom is -0.396 e. The lowest BCUT2D eigenvalue weighted by atomic mass is 9.99. The molecule has 20 heavy (non-hydrogen) atoms. The van der Waals surface area contributed by atoms with Gasteiger partial charge in [0.2, 0.25) is 0 Å². The summed E-state index contributed by atoms with van der Waals surface area (Å²) in [5.74, 6) is -1.06. The number of rotatable bonds is 5. The Kier molecular flexibility index (Phi) is 5.11. The van der Waals surface area contributed by atoms with E-state index in [0.29, 0.717) is 19.5 Å². The van der Waals surface area contributed by atoms with Crippen molar-refractivity contribution in [2.24, 2.45) is 0 Å². The van der Waals surface area contributed by atoms with Gasteiger partial charge in [-0.05, 0) is 32.6 Å². The van der Waals surface area contributed by atoms with E-state index in [2.05, 4.69) is 10.3 Å². The fourth-order valence-electron chi connectivity index (χ4n) is 2.68. The number of hydrogen-bond donors (Lipinski definition) is 2. The molecule has 1 aromatic heterocycles. The second-order valence-corrected chi connectivity index (χ2v) is 5.01. The second-order valence-electron chi connectivity index (χ2n) is 5.01. The van der Waals surface area contributed by atoms with Crippen LogP contribution in [0.5, 0.6) is 0 Å². The predicted octanol–water partition coefficient (Wildman–Crippen LogP) is 2.53. The normalized spacial score (nSPS) is 19.2. The Bertz CT molecular complexity index is 454. The molecule has 6 heteroatoms. The molecule has 0 bridgehead atoms. The number of aromatic nitrogens is 1. The van der Waals surface area contributed by atoms with Crippen LogP contribution in [0.1, 0.15) is 32.6 Å². The van der Waals surface area contributed by atoms with Crippen LogP contribution in [-0.4, -0.2) is 35.8 Å². The van der Waals surface area contributed by atoms with Crippen molar-refractivity contribution in [3.05, 3.63) is 17.7 Å². The van der Waals surface area contributed by atoms with Crippen LogP contribution in [0.4, 0.5) is 20.4 Å². The summed E-state index contributed by atoms with van der Waals surface area (Å²) in [7, 11) is 0. The summed E-state index contributed by atoms with van der Waals surface area (Å²) in [5.41, 5.74) is 0. The van der Waals surface area contributed by atoms with E-state index >= 15 is 0 Å². The molecule has 0 aliphatic carbocycles. The monoisotopic (exact) mass is 285 g/mol. The third-order valence-electron chi connectivity index (χ3n) is 3.62. The first-order valence-electron chi connectivity index (χ1n) is 7.14. The van der Waals surface area contributed by atoms with E-state index in [1.807, 2.05) is 11.8 Å². The van der Waals surface area contributed by atoms with E-state index < -0.39 is 11.6 Å². The summed E-state index contributed by atoms with van der Waals surface area (Å²) < 4.78 is 27.6. The highest BCUT2D eigenvalue weighted by Crippen LogP contribution is 2.29. The van der Waals surface area contributed by atoms with Gasteiger partial charge in [-0.25, -0.2) is 13.8 Å². The maximum Gasteiger partial charge on any atom is 0.168 e. The SMILES string of the molecule is CCNc1nc(N2CCCCC2CCO)c(F)cc1F. The van der Waals surface area contributed by atoms with Gasteiger partial charge in [0.1, 0.15) is 0 Å². The zero-order valence-corrected chi connectivity index (χ0v) is 11.7. The standard InChI is InChI=1S/C14H21F2N3O/c1-2-17-13-11(15)9-12(16)14(18-13)19-7-4-3-5-10(19)6-8-20/h9-10,20H,2-8H2,1H3,(H,17,18). The van der Waals surface area contributed by atoms with Crippen LogP contribution >= 0.6 is 0 Å². The Morgan fingerprint density at radius 1 is 1.40 bits per heavy atom. The molecule has 2 heterocycles. The van der Waals surface area contributed by atoms with Crippen LogP contribution in [0.25, 0.3) is 0 Å². The number of halogens is 2. The summed E-state index contributed by atoms with van der Waals surface area (Å²) in [6.45, 7) is 3.10. The minimum absolute atomic E-state index is 0.0596. The van der Waals surface area contributed by atoms with E-state index in [1.165, 1.54) is 0 Å². The molecule has 0 radical (unpaired) electrons. The van der Waals surface area contributed by atoms with Gasteiger partial charge in [-0.2, -0.15) is 0 Å². The molecule has 1 unspecified atom stereocenters. The molecule has 112 valence electrons. The highest BCUT2D eigenvalue weighted by molar-refractivity contribution is 5.50. The van der Waals surface area contributed by atoms with Crippen molar-refractivity contribution in [1.29, 1.82) is 0 Å². The van der Waals surface area contributed by atoms with Crippen LogP contribution in [0.2, 0.25) is 0 Å². The number of pyridine rings is 1. The topological polar surface area (TPSA) is 48.4 Å². The lowest BCUT2D eigenvalue weighted by Gasteiger charge is -2.36. The fraction of sp³-hybridized carbons (Fsp3) is 0.643. The number of hydrogen-bond acceptors (Lipinski definition) is 4.